The zero-order valence-corrected chi connectivity index (χ0v) is 20.4. The van der Waals surface area contributed by atoms with Crippen LogP contribution in [0.15, 0.2) is 47.4 Å². The Morgan fingerprint density at radius 1 is 1.03 bits per heavy atom. The second kappa shape index (κ2) is 10.7. The van der Waals surface area contributed by atoms with E-state index in [0.717, 1.165) is 38.4 Å². The number of carbonyl (C=O) groups excluding carboxylic acids is 1. The topological polar surface area (TPSA) is 73.0 Å². The van der Waals surface area contributed by atoms with Crippen LogP contribution in [0.4, 0.5) is 11.4 Å². The molecule has 0 radical (unpaired) electrons. The summed E-state index contributed by atoms with van der Waals surface area (Å²) < 4.78 is 27.1. The third kappa shape index (κ3) is 5.43. The molecule has 0 unspecified atom stereocenters. The summed E-state index contributed by atoms with van der Waals surface area (Å²) in [6.07, 6.45) is 0. The highest BCUT2D eigenvalue weighted by Crippen LogP contribution is 2.30. The van der Waals surface area contributed by atoms with Gasteiger partial charge in [0.25, 0.3) is 5.91 Å². The molecule has 174 valence electrons. The molecular weight excluding hydrogens is 448 g/mol. The normalized spacial score (nSPS) is 15.2. The Balaban J connectivity index is 1.85. The fourth-order valence-electron chi connectivity index (χ4n) is 3.89. The summed E-state index contributed by atoms with van der Waals surface area (Å²) >= 11 is 6.22. The van der Waals surface area contributed by atoms with E-state index in [2.05, 4.69) is 22.0 Å². The van der Waals surface area contributed by atoms with E-state index >= 15 is 0 Å². The van der Waals surface area contributed by atoms with Crippen LogP contribution in [-0.4, -0.2) is 69.3 Å². The van der Waals surface area contributed by atoms with Crippen LogP contribution in [0.1, 0.15) is 31.1 Å². The fourth-order valence-corrected chi connectivity index (χ4v) is 5.57. The van der Waals surface area contributed by atoms with Crippen LogP contribution < -0.4 is 10.2 Å². The predicted octanol–water partition coefficient (Wildman–Crippen LogP) is 3.76. The number of sulfonamides is 1. The lowest BCUT2D eigenvalue weighted by molar-refractivity contribution is 0.102. The second-order valence-corrected chi connectivity index (χ2v) is 10.0. The Morgan fingerprint density at radius 3 is 2.34 bits per heavy atom. The van der Waals surface area contributed by atoms with Crippen LogP contribution in [0.3, 0.4) is 0 Å². The first-order valence-corrected chi connectivity index (χ1v) is 12.8. The van der Waals surface area contributed by atoms with Gasteiger partial charge in [-0.1, -0.05) is 38.4 Å². The van der Waals surface area contributed by atoms with Crippen molar-refractivity contribution in [1.29, 1.82) is 0 Å². The molecular formula is C23H31ClN4O3S. The molecule has 1 saturated heterocycles. The van der Waals surface area contributed by atoms with Crippen LogP contribution in [0.5, 0.6) is 0 Å². The van der Waals surface area contributed by atoms with Gasteiger partial charge in [-0.3, -0.25) is 4.79 Å². The van der Waals surface area contributed by atoms with E-state index < -0.39 is 10.0 Å². The standard InChI is InChI=1S/C23H31ClN4O3S/c1-4-26-12-14-27(15-13-26)22-11-10-19(24)17-21(22)25-23(29)18-8-7-9-20(16-18)32(30,31)28(5-2)6-3/h7-11,16-17H,4-6,12-15H2,1-3H3,(H,25,29). The van der Waals surface area contributed by atoms with E-state index in [4.69, 9.17) is 11.6 Å². The molecule has 3 rings (SSSR count). The van der Waals surface area contributed by atoms with Gasteiger partial charge in [-0.05, 0) is 42.9 Å². The molecule has 9 heteroatoms. The van der Waals surface area contributed by atoms with Crippen molar-refractivity contribution < 1.29 is 13.2 Å². The zero-order chi connectivity index (χ0) is 23.3. The number of halogens is 1. The summed E-state index contributed by atoms with van der Waals surface area (Å²) in [5, 5.41) is 3.46. The number of amides is 1. The molecule has 2 aromatic rings. The largest absolute Gasteiger partial charge is 0.367 e. The van der Waals surface area contributed by atoms with Gasteiger partial charge in [0.15, 0.2) is 0 Å². The molecule has 1 aliphatic heterocycles. The maximum Gasteiger partial charge on any atom is 0.255 e. The summed E-state index contributed by atoms with van der Waals surface area (Å²) in [7, 11) is -3.65. The number of rotatable bonds is 8. The van der Waals surface area contributed by atoms with E-state index in [9.17, 15) is 13.2 Å². The summed E-state index contributed by atoms with van der Waals surface area (Å²) in [5.74, 6) is -0.377. The van der Waals surface area contributed by atoms with Gasteiger partial charge in [0.05, 0.1) is 16.3 Å². The monoisotopic (exact) mass is 478 g/mol. The molecule has 1 aliphatic rings. The van der Waals surface area contributed by atoms with E-state index in [0.29, 0.717) is 23.8 Å². The van der Waals surface area contributed by atoms with E-state index in [1.54, 1.807) is 32.0 Å². The molecule has 2 aromatic carbocycles. The molecule has 1 heterocycles. The van der Waals surface area contributed by atoms with Crippen LogP contribution in [0, 0.1) is 0 Å². The number of carbonyl (C=O) groups is 1. The van der Waals surface area contributed by atoms with Gasteiger partial charge in [0.1, 0.15) is 0 Å². The van der Waals surface area contributed by atoms with Crippen molar-refractivity contribution in [2.24, 2.45) is 0 Å². The van der Waals surface area contributed by atoms with Gasteiger partial charge in [-0.15, -0.1) is 0 Å². The van der Waals surface area contributed by atoms with Crippen molar-refractivity contribution in [3.63, 3.8) is 0 Å². The minimum Gasteiger partial charge on any atom is -0.367 e. The number of hydrogen-bond acceptors (Lipinski definition) is 5. The number of nitrogens with zero attached hydrogens (tertiary/aromatic N) is 3. The minimum absolute atomic E-state index is 0.107. The Labute approximate surface area is 196 Å². The molecule has 0 atom stereocenters. The maximum absolute atomic E-state index is 13.1. The molecule has 1 fully saturated rings. The average Bonchev–Trinajstić information content (AvgIpc) is 2.80. The lowest BCUT2D eigenvalue weighted by atomic mass is 10.1. The second-order valence-electron chi connectivity index (χ2n) is 7.65. The van der Waals surface area contributed by atoms with Gasteiger partial charge >= 0.3 is 0 Å². The third-order valence-electron chi connectivity index (χ3n) is 5.81. The Morgan fingerprint density at radius 2 is 1.72 bits per heavy atom. The first-order chi connectivity index (χ1) is 15.3. The summed E-state index contributed by atoms with van der Waals surface area (Å²) in [6, 6.07) is 11.6. The SMILES string of the molecule is CCN1CCN(c2ccc(Cl)cc2NC(=O)c2cccc(S(=O)(=O)N(CC)CC)c2)CC1. The summed E-state index contributed by atoms with van der Waals surface area (Å²) in [6.45, 7) is 11.1. The summed E-state index contributed by atoms with van der Waals surface area (Å²) in [4.78, 5) is 17.8. The van der Waals surface area contributed by atoms with Crippen LogP contribution in [0.25, 0.3) is 0 Å². The van der Waals surface area contributed by atoms with E-state index in [-0.39, 0.29) is 16.4 Å². The van der Waals surface area contributed by atoms with E-state index in [1.165, 1.54) is 16.4 Å². The van der Waals surface area contributed by atoms with Crippen molar-refractivity contribution in [1.82, 2.24) is 9.21 Å². The molecule has 0 aromatic heterocycles. The minimum atomic E-state index is -3.65. The average molecular weight is 479 g/mol. The number of anilines is 2. The molecule has 32 heavy (non-hydrogen) atoms. The van der Waals surface area contributed by atoms with Gasteiger partial charge in [0, 0.05) is 49.9 Å². The van der Waals surface area contributed by atoms with Crippen molar-refractivity contribution in [2.45, 2.75) is 25.7 Å². The fraction of sp³-hybridized carbons (Fsp3) is 0.435. The smallest absolute Gasteiger partial charge is 0.255 e. The summed E-state index contributed by atoms with van der Waals surface area (Å²) in [5.41, 5.74) is 1.80. The lowest BCUT2D eigenvalue weighted by Crippen LogP contribution is -2.46. The van der Waals surface area contributed by atoms with E-state index in [1.807, 2.05) is 12.1 Å². The quantitative estimate of drug-likeness (QED) is 0.625. The first-order valence-electron chi connectivity index (χ1n) is 11.0. The molecule has 0 saturated carbocycles. The number of piperazine rings is 1. The Hall–Kier alpha value is -2.13. The number of likely N-dealkylation sites (N-methyl/N-ethyl adjacent to an activating group) is 1. The van der Waals surface area contributed by atoms with Gasteiger partial charge in [0.2, 0.25) is 10.0 Å². The molecule has 0 aliphatic carbocycles. The number of nitrogens with one attached hydrogen (secondary N) is 1. The Bertz CT molecular complexity index is 1050. The molecule has 1 N–H and O–H groups in total. The maximum atomic E-state index is 13.1. The van der Waals surface area contributed by atoms with Crippen molar-refractivity contribution in [3.8, 4) is 0 Å². The van der Waals surface area contributed by atoms with Gasteiger partial charge in [-0.25, -0.2) is 8.42 Å². The van der Waals surface area contributed by atoms with Gasteiger partial charge < -0.3 is 15.1 Å². The highest BCUT2D eigenvalue weighted by Gasteiger charge is 2.23. The van der Waals surface area contributed by atoms with Crippen LogP contribution >= 0.6 is 11.6 Å². The van der Waals surface area contributed by atoms with Crippen molar-refractivity contribution >= 4 is 38.9 Å². The van der Waals surface area contributed by atoms with Crippen LogP contribution in [-0.2, 0) is 10.0 Å². The Kier molecular flexibility index (Phi) is 8.16. The molecule has 7 nitrogen and oxygen atoms in total. The number of benzene rings is 2. The number of hydrogen-bond donors (Lipinski definition) is 1. The molecule has 0 bridgehead atoms. The van der Waals surface area contributed by atoms with Crippen molar-refractivity contribution in [3.05, 3.63) is 53.1 Å². The molecule has 1 amide bonds. The van der Waals surface area contributed by atoms with Gasteiger partial charge in [-0.2, -0.15) is 4.31 Å². The zero-order valence-electron chi connectivity index (χ0n) is 18.8. The third-order valence-corrected chi connectivity index (χ3v) is 8.09. The lowest BCUT2D eigenvalue weighted by Gasteiger charge is -2.36. The highest BCUT2D eigenvalue weighted by atomic mass is 35.5. The van der Waals surface area contributed by atoms with Crippen LogP contribution in [0.2, 0.25) is 5.02 Å². The van der Waals surface area contributed by atoms with Crippen molar-refractivity contribution in [2.75, 3.05) is 56.0 Å². The first kappa shape index (κ1) is 24.5. The predicted molar refractivity (Wildman–Crippen MR) is 130 cm³/mol. The highest BCUT2D eigenvalue weighted by molar-refractivity contribution is 7.89. The molecule has 0 spiro atoms.